The van der Waals surface area contributed by atoms with Crippen LogP contribution in [-0.2, 0) is 0 Å². The van der Waals surface area contributed by atoms with Gasteiger partial charge >= 0.3 is 0 Å². The Morgan fingerprint density at radius 1 is 1.06 bits per heavy atom. The molecule has 0 aliphatic rings. The lowest BCUT2D eigenvalue weighted by molar-refractivity contribution is 1.06. The summed E-state index contributed by atoms with van der Waals surface area (Å²) in [4.78, 5) is 0. The molecule has 0 nitrogen and oxygen atoms in total. The zero-order valence-electron chi connectivity index (χ0n) is 12.8. The predicted molar refractivity (Wildman–Crippen MR) is 98.8 cm³/mol. The lowest BCUT2D eigenvalue weighted by Gasteiger charge is -2.28. The van der Waals surface area contributed by atoms with Gasteiger partial charge in [-0.15, -0.1) is 0 Å². The van der Waals surface area contributed by atoms with Gasteiger partial charge in [-0.25, -0.2) is 0 Å². The van der Waals surface area contributed by atoms with Gasteiger partial charge in [-0.2, -0.15) is 0 Å². The van der Waals surface area contributed by atoms with E-state index in [1.54, 1.807) is 17.0 Å². The van der Waals surface area contributed by atoms with E-state index in [1.165, 1.54) is 6.04 Å². The Labute approximate surface area is 118 Å². The van der Waals surface area contributed by atoms with Gasteiger partial charge in [-0.3, -0.25) is 0 Å². The van der Waals surface area contributed by atoms with Crippen LogP contribution in [-0.4, -0.2) is 35.2 Å². The van der Waals surface area contributed by atoms with Crippen LogP contribution in [0.2, 0.25) is 54.8 Å². The average Bonchev–Trinajstić information content (AvgIpc) is 2.13. The van der Waals surface area contributed by atoms with Gasteiger partial charge < -0.3 is 0 Å². The second kappa shape index (κ2) is 9.75. The van der Waals surface area contributed by atoms with Gasteiger partial charge in [-0.1, -0.05) is 83.0 Å². The molecule has 0 saturated heterocycles. The molecule has 0 aromatic carbocycles. The summed E-state index contributed by atoms with van der Waals surface area (Å²) in [5.41, 5.74) is 6.24. The van der Waals surface area contributed by atoms with Crippen molar-refractivity contribution < 1.29 is 0 Å². The van der Waals surface area contributed by atoms with E-state index in [1.807, 2.05) is 0 Å². The van der Waals surface area contributed by atoms with Crippen molar-refractivity contribution in [3.05, 3.63) is 0 Å². The zero-order valence-corrected chi connectivity index (χ0v) is 17.5. The van der Waals surface area contributed by atoms with Crippen LogP contribution >= 0.6 is 0 Å². The standard InChI is InChI=1S/C12H34Si4.CH4/c1-8-14(4)10-16(6,7)11-15(5)9-13-12(2)3;/h12,14-15H,8-11,13H2,1-7H3;1H4. The maximum Gasteiger partial charge on any atom is 0.0416 e. The molecule has 2 unspecified atom stereocenters. The van der Waals surface area contributed by atoms with Gasteiger partial charge in [0.25, 0.3) is 0 Å². The van der Waals surface area contributed by atoms with Crippen LogP contribution in [0.1, 0.15) is 28.2 Å². The van der Waals surface area contributed by atoms with Crippen LogP contribution < -0.4 is 0 Å². The zero-order chi connectivity index (χ0) is 12.8. The SMILES string of the molecule is C.CC[SiH](C)C[Si](C)(C)C[SiH](C)C[SiH2]C(C)C. The first-order chi connectivity index (χ1) is 7.26. The highest BCUT2D eigenvalue weighted by molar-refractivity contribution is 6.95. The lowest BCUT2D eigenvalue weighted by Crippen LogP contribution is -2.36. The normalized spacial score (nSPS) is 16.2. The second-order valence-corrected chi connectivity index (χ2v) is 24.5. The average molecular weight is 307 g/mol. The first kappa shape index (κ1) is 20.2. The number of hydrogen-bond donors (Lipinski definition) is 0. The molecular formula is C13H38Si4. The van der Waals surface area contributed by atoms with Crippen molar-refractivity contribution in [3.63, 3.8) is 0 Å². The largest absolute Gasteiger partial charge is 0.0776 e. The minimum absolute atomic E-state index is 0. The topological polar surface area (TPSA) is 0 Å². The van der Waals surface area contributed by atoms with E-state index in [0.29, 0.717) is 9.52 Å². The molecule has 0 heterocycles. The molecule has 106 valence electrons. The molecule has 4 heteroatoms. The Kier molecular flexibility index (Phi) is 11.6. The van der Waals surface area contributed by atoms with Gasteiger partial charge in [-0.05, 0) is 0 Å². The van der Waals surface area contributed by atoms with E-state index in [4.69, 9.17) is 0 Å². The summed E-state index contributed by atoms with van der Waals surface area (Å²) in [5, 5.41) is 0. The lowest BCUT2D eigenvalue weighted by atomic mass is 10.6. The van der Waals surface area contributed by atoms with E-state index in [9.17, 15) is 0 Å². The molecule has 0 fully saturated rings. The van der Waals surface area contributed by atoms with E-state index < -0.39 is 8.07 Å². The van der Waals surface area contributed by atoms with Crippen LogP contribution in [0.4, 0.5) is 0 Å². The van der Waals surface area contributed by atoms with Gasteiger partial charge in [0, 0.05) is 35.2 Å². The maximum absolute atomic E-state index is 2.67. The molecule has 0 N–H and O–H groups in total. The van der Waals surface area contributed by atoms with Crippen LogP contribution in [0.25, 0.3) is 0 Å². The third-order valence-corrected chi connectivity index (χ3v) is 26.0. The van der Waals surface area contributed by atoms with Crippen LogP contribution in [0, 0.1) is 0 Å². The summed E-state index contributed by atoms with van der Waals surface area (Å²) < 4.78 is 0. The molecule has 0 spiro atoms. The Hall–Kier alpha value is 0.868. The summed E-state index contributed by atoms with van der Waals surface area (Å²) in [5.74, 6) is 0. The maximum atomic E-state index is 2.67. The smallest absolute Gasteiger partial charge is 0.0416 e. The monoisotopic (exact) mass is 306 g/mol. The van der Waals surface area contributed by atoms with Crippen LogP contribution in [0.15, 0.2) is 0 Å². The van der Waals surface area contributed by atoms with Gasteiger partial charge in [0.1, 0.15) is 0 Å². The molecule has 0 bridgehead atoms. The molecule has 0 aliphatic carbocycles. The van der Waals surface area contributed by atoms with Crippen LogP contribution in [0.3, 0.4) is 0 Å². The Balaban J connectivity index is 0. The Morgan fingerprint density at radius 2 is 1.53 bits per heavy atom. The van der Waals surface area contributed by atoms with Crippen LogP contribution in [0.5, 0.6) is 0 Å². The molecule has 0 saturated carbocycles. The minimum atomic E-state index is -0.777. The molecule has 0 radical (unpaired) electrons. The molecule has 17 heavy (non-hydrogen) atoms. The summed E-state index contributed by atoms with van der Waals surface area (Å²) in [6, 6.07) is 1.52. The third kappa shape index (κ3) is 11.7. The third-order valence-electron chi connectivity index (χ3n) is 3.74. The second-order valence-electron chi connectivity index (χ2n) is 7.16. The molecule has 0 aromatic rings. The van der Waals surface area contributed by atoms with Crippen molar-refractivity contribution in [1.82, 2.24) is 0 Å². The van der Waals surface area contributed by atoms with Gasteiger partial charge in [0.05, 0.1) is 0 Å². The summed E-state index contributed by atoms with van der Waals surface area (Å²) in [7, 11) is -1.10. The van der Waals surface area contributed by atoms with E-state index in [0.717, 1.165) is 5.54 Å². The molecular weight excluding hydrogens is 268 g/mol. The van der Waals surface area contributed by atoms with Crippen molar-refractivity contribution in [2.45, 2.75) is 83.0 Å². The fraction of sp³-hybridized carbons (Fsp3) is 1.00. The van der Waals surface area contributed by atoms with Crippen molar-refractivity contribution in [1.29, 1.82) is 0 Å². The van der Waals surface area contributed by atoms with Crippen molar-refractivity contribution in [2.24, 2.45) is 0 Å². The van der Waals surface area contributed by atoms with Crippen molar-refractivity contribution >= 4 is 35.2 Å². The highest BCUT2D eigenvalue weighted by atomic mass is 28.4. The quantitative estimate of drug-likeness (QED) is 0.592. The fourth-order valence-corrected chi connectivity index (χ4v) is 28.8. The van der Waals surface area contributed by atoms with E-state index in [-0.39, 0.29) is 25.0 Å². The Morgan fingerprint density at radius 3 is 1.94 bits per heavy atom. The first-order valence-corrected chi connectivity index (χ1v) is 18.1. The van der Waals surface area contributed by atoms with E-state index >= 15 is 0 Å². The summed E-state index contributed by atoms with van der Waals surface area (Å²) in [6.07, 6.45) is 0. The molecule has 0 aliphatic heterocycles. The highest BCUT2D eigenvalue weighted by Gasteiger charge is 2.25. The molecule has 0 amide bonds. The molecule has 0 rings (SSSR count). The van der Waals surface area contributed by atoms with Crippen molar-refractivity contribution in [2.75, 3.05) is 0 Å². The van der Waals surface area contributed by atoms with Crippen molar-refractivity contribution in [3.8, 4) is 0 Å². The van der Waals surface area contributed by atoms with E-state index in [2.05, 4.69) is 47.0 Å². The number of rotatable bonds is 8. The summed E-state index contributed by atoms with van der Waals surface area (Å²) in [6.45, 7) is 17.9. The predicted octanol–water partition coefficient (Wildman–Crippen LogP) is 4.10. The highest BCUT2D eigenvalue weighted by Crippen LogP contribution is 2.21. The fourth-order valence-electron chi connectivity index (χ4n) is 2.83. The first-order valence-electron chi connectivity index (χ1n) is 7.26. The number of hydrogen-bond acceptors (Lipinski definition) is 0. The van der Waals surface area contributed by atoms with Gasteiger partial charge in [0.2, 0.25) is 0 Å². The minimum Gasteiger partial charge on any atom is -0.0776 e. The molecule has 2 atom stereocenters. The Bertz CT molecular complexity index is 180. The van der Waals surface area contributed by atoms with Gasteiger partial charge in [0.15, 0.2) is 0 Å². The summed E-state index contributed by atoms with van der Waals surface area (Å²) >= 11 is 0. The molecule has 0 aromatic heterocycles.